The molecule has 3 aliphatic rings. The number of allylic oxidation sites excluding steroid dienone is 2. The Morgan fingerprint density at radius 1 is 0.733 bits per heavy atom. The highest BCUT2D eigenvalue weighted by Crippen LogP contribution is 2.60. The second kappa shape index (κ2) is 5.88. The van der Waals surface area contributed by atoms with E-state index in [1.54, 1.807) is 0 Å². The van der Waals surface area contributed by atoms with Crippen LogP contribution >= 0.6 is 0 Å². The standard InChI is InChI=1S/C24H24O6/c1-24(2,3)30-14-9-12(25)8-13-17(14)23(29)19-18(20(13)26)21(27)15-10-4-6-11(7-5-10)16(15)22(19)28/h4,6,8-11,25-29H,5,7H2,1-3H3. The molecule has 30 heavy (non-hydrogen) atoms. The zero-order valence-electron chi connectivity index (χ0n) is 17.0. The molecule has 0 heterocycles. The Bertz CT molecular complexity index is 1270. The second-order valence-corrected chi connectivity index (χ2v) is 9.23. The van der Waals surface area contributed by atoms with Crippen molar-refractivity contribution < 1.29 is 30.3 Å². The van der Waals surface area contributed by atoms with Gasteiger partial charge in [-0.2, -0.15) is 0 Å². The van der Waals surface area contributed by atoms with Crippen LogP contribution in [0.2, 0.25) is 0 Å². The SMILES string of the molecule is CC(C)(C)Oc1cc(O)cc2c(O)c3c(O)c4c(c(O)c3c(O)c12)C1C=CC4CC1. The van der Waals surface area contributed by atoms with Crippen molar-refractivity contribution in [1.29, 1.82) is 0 Å². The predicted molar refractivity (Wildman–Crippen MR) is 114 cm³/mol. The highest BCUT2D eigenvalue weighted by molar-refractivity contribution is 6.17. The molecule has 0 fully saturated rings. The zero-order valence-corrected chi connectivity index (χ0v) is 17.0. The maximum absolute atomic E-state index is 11.2. The van der Waals surface area contributed by atoms with Crippen molar-refractivity contribution in [3.8, 4) is 34.5 Å². The number of hydrogen-bond acceptors (Lipinski definition) is 6. The van der Waals surface area contributed by atoms with E-state index in [4.69, 9.17) is 4.74 Å². The predicted octanol–water partition coefficient (Wildman–Crippen LogP) is 5.23. The third-order valence-electron chi connectivity index (χ3n) is 6.10. The fourth-order valence-corrected chi connectivity index (χ4v) is 4.98. The average molecular weight is 408 g/mol. The van der Waals surface area contributed by atoms with Crippen LogP contribution in [0.25, 0.3) is 21.5 Å². The Labute approximate surface area is 173 Å². The van der Waals surface area contributed by atoms with Crippen LogP contribution in [0.5, 0.6) is 34.5 Å². The van der Waals surface area contributed by atoms with Crippen LogP contribution in [0.15, 0.2) is 24.3 Å². The summed E-state index contributed by atoms with van der Waals surface area (Å²) < 4.78 is 5.93. The number of fused-ring (bicyclic) bond motifs is 3. The van der Waals surface area contributed by atoms with E-state index in [2.05, 4.69) is 0 Å². The third kappa shape index (κ3) is 2.43. The lowest BCUT2D eigenvalue weighted by Gasteiger charge is -2.35. The van der Waals surface area contributed by atoms with Crippen LogP contribution in [0.3, 0.4) is 0 Å². The summed E-state index contributed by atoms with van der Waals surface area (Å²) in [5.41, 5.74) is 0.561. The van der Waals surface area contributed by atoms with Gasteiger partial charge in [0.25, 0.3) is 0 Å². The summed E-state index contributed by atoms with van der Waals surface area (Å²) >= 11 is 0. The summed E-state index contributed by atoms with van der Waals surface area (Å²) in [5.74, 6) is -1.00. The Kier molecular flexibility index (Phi) is 3.67. The minimum absolute atomic E-state index is 0.0124. The van der Waals surface area contributed by atoms with Crippen molar-refractivity contribution in [2.45, 2.75) is 51.0 Å². The van der Waals surface area contributed by atoms with Crippen molar-refractivity contribution in [3.05, 3.63) is 35.4 Å². The number of hydrogen-bond donors (Lipinski definition) is 5. The molecule has 0 aliphatic heterocycles. The smallest absolute Gasteiger partial charge is 0.139 e. The van der Waals surface area contributed by atoms with Crippen LogP contribution in [0.1, 0.15) is 56.6 Å². The van der Waals surface area contributed by atoms with E-state index in [0.717, 1.165) is 12.8 Å². The molecule has 6 nitrogen and oxygen atoms in total. The van der Waals surface area contributed by atoms with Crippen molar-refractivity contribution in [2.24, 2.45) is 0 Å². The molecule has 3 aromatic rings. The number of aromatic hydroxyl groups is 5. The van der Waals surface area contributed by atoms with Gasteiger partial charge in [0.15, 0.2) is 0 Å². The number of benzene rings is 3. The summed E-state index contributed by atoms with van der Waals surface area (Å²) in [6, 6.07) is 2.67. The summed E-state index contributed by atoms with van der Waals surface area (Å²) in [7, 11) is 0. The van der Waals surface area contributed by atoms with Crippen molar-refractivity contribution in [3.63, 3.8) is 0 Å². The summed E-state index contributed by atoms with van der Waals surface area (Å²) in [4.78, 5) is 0. The Balaban J connectivity index is 1.97. The van der Waals surface area contributed by atoms with Gasteiger partial charge in [0, 0.05) is 34.4 Å². The first-order valence-corrected chi connectivity index (χ1v) is 10.1. The second-order valence-electron chi connectivity index (χ2n) is 9.23. The number of phenols is 5. The first kappa shape index (κ1) is 18.7. The van der Waals surface area contributed by atoms with Gasteiger partial charge in [-0.1, -0.05) is 12.2 Å². The van der Waals surface area contributed by atoms with E-state index in [-0.39, 0.29) is 67.9 Å². The number of rotatable bonds is 1. The van der Waals surface area contributed by atoms with Crippen LogP contribution in [-0.4, -0.2) is 31.1 Å². The van der Waals surface area contributed by atoms with Gasteiger partial charge >= 0.3 is 0 Å². The van der Waals surface area contributed by atoms with E-state index in [0.29, 0.717) is 11.1 Å². The Morgan fingerprint density at radius 3 is 1.77 bits per heavy atom. The largest absolute Gasteiger partial charge is 0.508 e. The van der Waals surface area contributed by atoms with Crippen molar-refractivity contribution >= 4 is 21.5 Å². The Hall–Kier alpha value is -3.28. The van der Waals surface area contributed by atoms with Gasteiger partial charge in [0.05, 0.1) is 16.2 Å². The van der Waals surface area contributed by atoms with E-state index in [9.17, 15) is 25.5 Å². The molecule has 0 amide bonds. The molecular weight excluding hydrogens is 384 g/mol. The first-order valence-electron chi connectivity index (χ1n) is 10.1. The van der Waals surface area contributed by atoms with Crippen LogP contribution < -0.4 is 4.74 Å². The fraction of sp³-hybridized carbons (Fsp3) is 0.333. The summed E-state index contributed by atoms with van der Waals surface area (Å²) in [5, 5.41) is 55.1. The topological polar surface area (TPSA) is 110 Å². The van der Waals surface area contributed by atoms with Crippen molar-refractivity contribution in [2.75, 3.05) is 0 Å². The molecule has 6 heteroatoms. The lowest BCUT2D eigenvalue weighted by Crippen LogP contribution is -2.23. The molecule has 2 unspecified atom stereocenters. The lowest BCUT2D eigenvalue weighted by molar-refractivity contribution is 0.132. The highest BCUT2D eigenvalue weighted by atomic mass is 16.5. The highest BCUT2D eigenvalue weighted by Gasteiger charge is 2.37. The minimum atomic E-state index is -0.637. The molecule has 5 N–H and O–H groups in total. The molecule has 0 saturated carbocycles. The molecule has 0 saturated heterocycles. The quantitative estimate of drug-likeness (QED) is 0.214. The molecule has 0 radical (unpaired) electrons. The minimum Gasteiger partial charge on any atom is -0.508 e. The van der Waals surface area contributed by atoms with Gasteiger partial charge in [-0.05, 0) is 39.7 Å². The average Bonchev–Trinajstić information content (AvgIpc) is 2.67. The Morgan fingerprint density at radius 2 is 1.27 bits per heavy atom. The van der Waals surface area contributed by atoms with Gasteiger partial charge in [0.2, 0.25) is 0 Å². The molecule has 0 spiro atoms. The molecule has 3 aliphatic carbocycles. The van der Waals surface area contributed by atoms with E-state index >= 15 is 0 Å². The molecule has 2 bridgehead atoms. The van der Waals surface area contributed by atoms with Gasteiger partial charge < -0.3 is 30.3 Å². The summed E-state index contributed by atoms with van der Waals surface area (Å²) in [6.07, 6.45) is 5.72. The van der Waals surface area contributed by atoms with Gasteiger partial charge in [0.1, 0.15) is 40.1 Å². The van der Waals surface area contributed by atoms with E-state index in [1.807, 2.05) is 32.9 Å². The molecule has 2 atom stereocenters. The van der Waals surface area contributed by atoms with Gasteiger partial charge in [-0.15, -0.1) is 0 Å². The maximum Gasteiger partial charge on any atom is 0.139 e. The lowest BCUT2D eigenvalue weighted by atomic mass is 9.70. The molecule has 0 aromatic heterocycles. The number of phenolic OH excluding ortho intramolecular Hbond substituents is 5. The zero-order chi connectivity index (χ0) is 21.5. The third-order valence-corrected chi connectivity index (χ3v) is 6.10. The van der Waals surface area contributed by atoms with Crippen LogP contribution in [-0.2, 0) is 0 Å². The molecule has 3 aromatic carbocycles. The summed E-state index contributed by atoms with van der Waals surface area (Å²) in [6.45, 7) is 5.47. The van der Waals surface area contributed by atoms with Crippen LogP contribution in [0.4, 0.5) is 0 Å². The first-order chi connectivity index (χ1) is 14.1. The van der Waals surface area contributed by atoms with Crippen molar-refractivity contribution in [1.82, 2.24) is 0 Å². The van der Waals surface area contributed by atoms with Gasteiger partial charge in [-0.3, -0.25) is 0 Å². The molecule has 156 valence electrons. The molecular formula is C24H24O6. The van der Waals surface area contributed by atoms with E-state index < -0.39 is 5.60 Å². The van der Waals surface area contributed by atoms with Crippen LogP contribution in [0, 0.1) is 0 Å². The molecule has 6 rings (SSSR count). The van der Waals surface area contributed by atoms with E-state index in [1.165, 1.54) is 12.1 Å². The monoisotopic (exact) mass is 408 g/mol. The normalized spacial score (nSPS) is 20.1. The maximum atomic E-state index is 11.2. The van der Waals surface area contributed by atoms with Gasteiger partial charge in [-0.25, -0.2) is 0 Å². The fourth-order valence-electron chi connectivity index (χ4n) is 4.98. The number of ether oxygens (including phenoxy) is 1.